The van der Waals surface area contributed by atoms with Gasteiger partial charge in [0, 0.05) is 12.5 Å². The van der Waals surface area contributed by atoms with E-state index in [0.29, 0.717) is 19.0 Å². The van der Waals surface area contributed by atoms with E-state index in [4.69, 9.17) is 11.0 Å². The molecule has 0 saturated heterocycles. The Morgan fingerprint density at radius 2 is 1.90 bits per heavy atom. The first kappa shape index (κ1) is 15.5. The van der Waals surface area contributed by atoms with E-state index in [1.54, 1.807) is 4.90 Å². The average molecular weight is 285 g/mol. The second-order valence-electron chi connectivity index (χ2n) is 5.79. The molecule has 112 valence electrons. The van der Waals surface area contributed by atoms with E-state index < -0.39 is 0 Å². The Bertz CT molecular complexity index is 487. The minimum Gasteiger partial charge on any atom is -0.330 e. The zero-order valence-corrected chi connectivity index (χ0v) is 12.4. The van der Waals surface area contributed by atoms with Crippen molar-refractivity contribution < 1.29 is 4.79 Å². The van der Waals surface area contributed by atoms with E-state index in [-0.39, 0.29) is 18.4 Å². The number of carbonyl (C=O) groups excluding carboxylic acids is 1. The van der Waals surface area contributed by atoms with Crippen molar-refractivity contribution in [2.75, 3.05) is 13.1 Å². The van der Waals surface area contributed by atoms with Gasteiger partial charge in [-0.05, 0) is 43.7 Å². The summed E-state index contributed by atoms with van der Waals surface area (Å²) in [6.07, 6.45) is 3.85. The summed E-state index contributed by atoms with van der Waals surface area (Å²) in [5, 5.41) is 8.98. The first-order valence-electron chi connectivity index (χ1n) is 7.64. The number of amides is 1. The second kappa shape index (κ2) is 7.80. The highest BCUT2D eigenvalue weighted by Crippen LogP contribution is 2.29. The van der Waals surface area contributed by atoms with E-state index in [2.05, 4.69) is 6.07 Å². The fourth-order valence-electron chi connectivity index (χ4n) is 3.00. The third-order valence-electron chi connectivity index (χ3n) is 4.32. The van der Waals surface area contributed by atoms with Crippen LogP contribution >= 0.6 is 0 Å². The molecule has 0 radical (unpaired) electrons. The molecule has 2 rings (SSSR count). The fourth-order valence-corrected chi connectivity index (χ4v) is 3.00. The first-order chi connectivity index (χ1) is 10.2. The summed E-state index contributed by atoms with van der Waals surface area (Å²) in [7, 11) is 0. The standard InChI is InChI=1S/C17H23N3O/c18-10-11-20(13-15-4-2-1-3-5-15)17(21)16-8-6-14(12-19)7-9-16/h1-5,14,16H,6-9,11-13,19H2. The Kier molecular flexibility index (Phi) is 5.77. The highest BCUT2D eigenvalue weighted by molar-refractivity contribution is 5.79. The lowest BCUT2D eigenvalue weighted by atomic mass is 9.81. The predicted octanol–water partition coefficient (Wildman–Crippen LogP) is 2.30. The van der Waals surface area contributed by atoms with Gasteiger partial charge in [0.1, 0.15) is 6.54 Å². The van der Waals surface area contributed by atoms with Crippen LogP contribution in [0.4, 0.5) is 0 Å². The lowest BCUT2D eigenvalue weighted by Gasteiger charge is -2.30. The Hall–Kier alpha value is -1.86. The molecule has 0 spiro atoms. The Morgan fingerprint density at radius 3 is 2.48 bits per heavy atom. The minimum atomic E-state index is 0.0601. The van der Waals surface area contributed by atoms with E-state index in [9.17, 15) is 4.79 Å². The van der Waals surface area contributed by atoms with Gasteiger partial charge in [0.2, 0.25) is 5.91 Å². The zero-order chi connectivity index (χ0) is 15.1. The molecular weight excluding hydrogens is 262 g/mol. The number of rotatable bonds is 5. The summed E-state index contributed by atoms with van der Waals surface area (Å²) in [5.41, 5.74) is 6.76. The molecule has 0 aromatic heterocycles. The highest BCUT2D eigenvalue weighted by Gasteiger charge is 2.28. The third-order valence-corrected chi connectivity index (χ3v) is 4.32. The number of hydrogen-bond acceptors (Lipinski definition) is 3. The molecule has 4 heteroatoms. The maximum Gasteiger partial charge on any atom is 0.226 e. The van der Waals surface area contributed by atoms with Gasteiger partial charge >= 0.3 is 0 Å². The van der Waals surface area contributed by atoms with Gasteiger partial charge in [-0.15, -0.1) is 0 Å². The smallest absolute Gasteiger partial charge is 0.226 e. The van der Waals surface area contributed by atoms with Gasteiger partial charge in [-0.1, -0.05) is 30.3 Å². The number of carbonyl (C=O) groups is 1. The van der Waals surface area contributed by atoms with Gasteiger partial charge in [0.05, 0.1) is 6.07 Å². The summed E-state index contributed by atoms with van der Waals surface area (Å²) in [5.74, 6) is 0.744. The monoisotopic (exact) mass is 285 g/mol. The van der Waals surface area contributed by atoms with Crippen LogP contribution in [0.3, 0.4) is 0 Å². The van der Waals surface area contributed by atoms with Crippen LogP contribution in [-0.4, -0.2) is 23.9 Å². The maximum atomic E-state index is 12.6. The fraction of sp³-hybridized carbons (Fsp3) is 0.529. The molecule has 1 aliphatic rings. The summed E-state index contributed by atoms with van der Waals surface area (Å²) >= 11 is 0. The van der Waals surface area contributed by atoms with Crippen molar-refractivity contribution in [2.45, 2.75) is 32.2 Å². The molecule has 2 N–H and O–H groups in total. The molecule has 0 aliphatic heterocycles. The van der Waals surface area contributed by atoms with Gasteiger partial charge in [0.15, 0.2) is 0 Å². The van der Waals surface area contributed by atoms with Gasteiger partial charge < -0.3 is 10.6 Å². The largest absolute Gasteiger partial charge is 0.330 e. The van der Waals surface area contributed by atoms with Crippen LogP contribution in [0.15, 0.2) is 30.3 Å². The van der Waals surface area contributed by atoms with Gasteiger partial charge in [-0.3, -0.25) is 4.79 Å². The van der Waals surface area contributed by atoms with Crippen LogP contribution in [0.25, 0.3) is 0 Å². The van der Waals surface area contributed by atoms with Crippen molar-refractivity contribution in [3.8, 4) is 6.07 Å². The summed E-state index contributed by atoms with van der Waals surface area (Å²) in [6, 6.07) is 12.0. The molecule has 1 aromatic carbocycles. The molecule has 21 heavy (non-hydrogen) atoms. The lowest BCUT2D eigenvalue weighted by molar-refractivity contribution is -0.136. The Labute approximate surface area is 126 Å². The predicted molar refractivity (Wildman–Crippen MR) is 82.0 cm³/mol. The zero-order valence-electron chi connectivity index (χ0n) is 12.4. The van der Waals surface area contributed by atoms with Crippen molar-refractivity contribution >= 4 is 5.91 Å². The molecule has 1 amide bonds. The van der Waals surface area contributed by atoms with Crippen molar-refractivity contribution in [3.63, 3.8) is 0 Å². The number of hydrogen-bond donors (Lipinski definition) is 1. The Morgan fingerprint density at radius 1 is 1.24 bits per heavy atom. The molecule has 0 bridgehead atoms. The molecule has 1 saturated carbocycles. The molecule has 1 aliphatic carbocycles. The minimum absolute atomic E-state index is 0.0601. The molecular formula is C17H23N3O. The summed E-state index contributed by atoms with van der Waals surface area (Å²) in [6.45, 7) is 1.39. The van der Waals surface area contributed by atoms with E-state index >= 15 is 0 Å². The summed E-state index contributed by atoms with van der Waals surface area (Å²) in [4.78, 5) is 14.3. The number of nitrogens with two attached hydrogens (primary N) is 1. The van der Waals surface area contributed by atoms with Crippen LogP contribution in [0, 0.1) is 23.2 Å². The second-order valence-corrected chi connectivity index (χ2v) is 5.79. The van der Waals surface area contributed by atoms with Crippen molar-refractivity contribution in [3.05, 3.63) is 35.9 Å². The van der Waals surface area contributed by atoms with Crippen molar-refractivity contribution in [2.24, 2.45) is 17.6 Å². The molecule has 0 unspecified atom stereocenters. The quantitative estimate of drug-likeness (QED) is 0.844. The number of nitrogens with zero attached hydrogens (tertiary/aromatic N) is 2. The molecule has 0 heterocycles. The lowest BCUT2D eigenvalue weighted by Crippen LogP contribution is -2.38. The van der Waals surface area contributed by atoms with Crippen molar-refractivity contribution in [1.29, 1.82) is 5.26 Å². The molecule has 1 fully saturated rings. The van der Waals surface area contributed by atoms with Crippen LogP contribution < -0.4 is 5.73 Å². The Balaban J connectivity index is 1.98. The molecule has 1 aromatic rings. The molecule has 0 atom stereocenters. The normalized spacial score (nSPS) is 21.5. The van der Waals surface area contributed by atoms with Crippen LogP contribution in [0.5, 0.6) is 0 Å². The first-order valence-corrected chi connectivity index (χ1v) is 7.64. The van der Waals surface area contributed by atoms with Crippen LogP contribution in [0.1, 0.15) is 31.2 Å². The van der Waals surface area contributed by atoms with Crippen LogP contribution in [0.2, 0.25) is 0 Å². The van der Waals surface area contributed by atoms with E-state index in [1.165, 1.54) is 0 Å². The molecule has 4 nitrogen and oxygen atoms in total. The van der Waals surface area contributed by atoms with Gasteiger partial charge in [0.25, 0.3) is 0 Å². The maximum absolute atomic E-state index is 12.6. The van der Waals surface area contributed by atoms with Gasteiger partial charge in [-0.2, -0.15) is 5.26 Å². The van der Waals surface area contributed by atoms with E-state index in [1.807, 2.05) is 30.3 Å². The van der Waals surface area contributed by atoms with Gasteiger partial charge in [-0.25, -0.2) is 0 Å². The topological polar surface area (TPSA) is 70.1 Å². The summed E-state index contributed by atoms with van der Waals surface area (Å²) < 4.78 is 0. The number of nitriles is 1. The van der Waals surface area contributed by atoms with E-state index in [0.717, 1.165) is 31.2 Å². The SMILES string of the molecule is N#CCN(Cc1ccccc1)C(=O)C1CCC(CN)CC1. The average Bonchev–Trinajstić information content (AvgIpc) is 2.55. The number of benzene rings is 1. The van der Waals surface area contributed by atoms with Crippen LogP contribution in [-0.2, 0) is 11.3 Å². The highest BCUT2D eigenvalue weighted by atomic mass is 16.2. The van der Waals surface area contributed by atoms with Crippen molar-refractivity contribution in [1.82, 2.24) is 4.90 Å². The third kappa shape index (κ3) is 4.30.